The lowest BCUT2D eigenvalue weighted by molar-refractivity contribution is -0.104. The van der Waals surface area contributed by atoms with Crippen LogP contribution in [0.25, 0.3) is 16.8 Å². The third kappa shape index (κ3) is 2.30. The van der Waals surface area contributed by atoms with Crippen LogP contribution in [-0.2, 0) is 9.53 Å². The van der Waals surface area contributed by atoms with E-state index in [2.05, 4.69) is 0 Å². The highest BCUT2D eigenvalue weighted by atomic mass is 16.5. The van der Waals surface area contributed by atoms with E-state index in [1.54, 1.807) is 18.2 Å². The molecule has 2 aromatic carbocycles. The van der Waals surface area contributed by atoms with Crippen LogP contribution in [0.5, 0.6) is 0 Å². The van der Waals surface area contributed by atoms with Gasteiger partial charge in [0.25, 0.3) is 0 Å². The van der Waals surface area contributed by atoms with E-state index in [1.165, 1.54) is 13.2 Å². The van der Waals surface area contributed by atoms with Gasteiger partial charge in [-0.2, -0.15) is 0 Å². The summed E-state index contributed by atoms with van der Waals surface area (Å²) in [6.07, 6.45) is 3.87. The lowest BCUT2D eigenvalue weighted by Gasteiger charge is -2.05. The second-order valence-corrected chi connectivity index (χ2v) is 3.77. The Balaban J connectivity index is 2.61. The average Bonchev–Trinajstić information content (AvgIpc) is 2.43. The van der Waals surface area contributed by atoms with Gasteiger partial charge in [-0.05, 0) is 34.5 Å². The average molecular weight is 240 g/mol. The molecular weight excluding hydrogens is 228 g/mol. The molecule has 0 spiro atoms. The smallest absolute Gasteiger partial charge is 0.337 e. The predicted octanol–water partition coefficient (Wildman–Crippen LogP) is 2.84. The number of esters is 1. The van der Waals surface area contributed by atoms with Crippen LogP contribution in [0.2, 0.25) is 0 Å². The topological polar surface area (TPSA) is 43.4 Å². The summed E-state index contributed by atoms with van der Waals surface area (Å²) in [5.74, 6) is -0.369. The summed E-state index contributed by atoms with van der Waals surface area (Å²) < 4.78 is 4.69. The minimum atomic E-state index is -0.369. The number of hydrogen-bond acceptors (Lipinski definition) is 3. The molecule has 0 aliphatic carbocycles. The molecule has 0 saturated carbocycles. The van der Waals surface area contributed by atoms with Gasteiger partial charge in [-0.1, -0.05) is 30.3 Å². The van der Waals surface area contributed by atoms with Crippen molar-refractivity contribution in [1.29, 1.82) is 0 Å². The van der Waals surface area contributed by atoms with E-state index in [0.717, 1.165) is 22.6 Å². The van der Waals surface area contributed by atoms with E-state index in [-0.39, 0.29) is 5.97 Å². The standard InChI is InChI=1S/C15H12O3/c1-18-15(17)13-8-7-12-5-2-4-11(6-3-9-16)14(12)10-13/h2-10H,1H3. The van der Waals surface area contributed by atoms with Gasteiger partial charge >= 0.3 is 5.97 Å². The number of ether oxygens (including phenoxy) is 1. The maximum absolute atomic E-state index is 11.5. The fourth-order valence-corrected chi connectivity index (χ4v) is 1.83. The molecule has 0 aliphatic heterocycles. The van der Waals surface area contributed by atoms with Gasteiger partial charge in [0, 0.05) is 0 Å². The van der Waals surface area contributed by atoms with E-state index in [1.807, 2.05) is 24.3 Å². The van der Waals surface area contributed by atoms with Crippen LogP contribution in [-0.4, -0.2) is 19.4 Å². The summed E-state index contributed by atoms with van der Waals surface area (Å²) in [6.45, 7) is 0. The molecule has 3 heteroatoms. The first kappa shape index (κ1) is 12.0. The summed E-state index contributed by atoms with van der Waals surface area (Å²) >= 11 is 0. The largest absolute Gasteiger partial charge is 0.465 e. The van der Waals surface area contributed by atoms with E-state index < -0.39 is 0 Å². The van der Waals surface area contributed by atoms with Crippen LogP contribution in [0.4, 0.5) is 0 Å². The van der Waals surface area contributed by atoms with Crippen LogP contribution < -0.4 is 0 Å². The molecule has 90 valence electrons. The lowest BCUT2D eigenvalue weighted by Crippen LogP contribution is -2.00. The van der Waals surface area contributed by atoms with Crippen molar-refractivity contribution in [2.24, 2.45) is 0 Å². The molecule has 0 N–H and O–H groups in total. The summed E-state index contributed by atoms with van der Waals surface area (Å²) in [6, 6.07) is 11.1. The van der Waals surface area contributed by atoms with Crippen LogP contribution in [0.3, 0.4) is 0 Å². The molecular formula is C15H12O3. The van der Waals surface area contributed by atoms with Crippen LogP contribution in [0.15, 0.2) is 42.5 Å². The monoisotopic (exact) mass is 240 g/mol. The maximum atomic E-state index is 11.5. The number of benzene rings is 2. The number of hydrogen-bond donors (Lipinski definition) is 0. The SMILES string of the molecule is COC(=O)c1ccc2cccc(C=CC=O)c2c1. The van der Waals surface area contributed by atoms with Gasteiger partial charge in [0.2, 0.25) is 0 Å². The molecule has 0 saturated heterocycles. The summed E-state index contributed by atoms with van der Waals surface area (Å²) in [7, 11) is 1.35. The van der Waals surface area contributed by atoms with Crippen LogP contribution in [0.1, 0.15) is 15.9 Å². The van der Waals surface area contributed by atoms with E-state index in [4.69, 9.17) is 4.74 Å². The Morgan fingerprint density at radius 3 is 2.78 bits per heavy atom. The van der Waals surface area contributed by atoms with E-state index >= 15 is 0 Å². The molecule has 0 aromatic heterocycles. The lowest BCUT2D eigenvalue weighted by atomic mass is 10.0. The molecule has 2 aromatic rings. The number of fused-ring (bicyclic) bond motifs is 1. The van der Waals surface area contributed by atoms with E-state index in [9.17, 15) is 9.59 Å². The molecule has 0 atom stereocenters. The highest BCUT2D eigenvalue weighted by molar-refractivity contribution is 5.98. The molecule has 0 heterocycles. The molecule has 0 aliphatic rings. The van der Waals surface area contributed by atoms with Gasteiger partial charge in [-0.3, -0.25) is 4.79 Å². The van der Waals surface area contributed by atoms with Crippen molar-refractivity contribution < 1.29 is 14.3 Å². The molecule has 0 amide bonds. The Kier molecular flexibility index (Phi) is 3.53. The van der Waals surface area contributed by atoms with Gasteiger partial charge in [-0.25, -0.2) is 4.79 Å². The second-order valence-electron chi connectivity index (χ2n) is 3.77. The van der Waals surface area contributed by atoms with Gasteiger partial charge in [-0.15, -0.1) is 0 Å². The molecule has 18 heavy (non-hydrogen) atoms. The third-order valence-corrected chi connectivity index (χ3v) is 2.69. The minimum Gasteiger partial charge on any atom is -0.465 e. The van der Waals surface area contributed by atoms with Crippen molar-refractivity contribution in [3.05, 3.63) is 53.6 Å². The first-order valence-corrected chi connectivity index (χ1v) is 5.49. The summed E-state index contributed by atoms with van der Waals surface area (Å²) in [5.41, 5.74) is 1.39. The van der Waals surface area contributed by atoms with Crippen molar-refractivity contribution in [2.75, 3.05) is 7.11 Å². The number of rotatable bonds is 3. The maximum Gasteiger partial charge on any atom is 0.337 e. The van der Waals surface area contributed by atoms with Crippen molar-refractivity contribution in [2.45, 2.75) is 0 Å². The third-order valence-electron chi connectivity index (χ3n) is 2.69. The Labute approximate surface area is 105 Å². The van der Waals surface area contributed by atoms with Gasteiger partial charge in [0.1, 0.15) is 6.29 Å². The Hall–Kier alpha value is -2.42. The number of methoxy groups -OCH3 is 1. The summed E-state index contributed by atoms with van der Waals surface area (Å²) in [5, 5.41) is 1.93. The number of allylic oxidation sites excluding steroid dienone is 1. The fraction of sp³-hybridized carbons (Fsp3) is 0.0667. The zero-order valence-corrected chi connectivity index (χ0v) is 9.92. The fourth-order valence-electron chi connectivity index (χ4n) is 1.83. The Morgan fingerprint density at radius 2 is 2.06 bits per heavy atom. The predicted molar refractivity (Wildman–Crippen MR) is 70.4 cm³/mol. The van der Waals surface area contributed by atoms with E-state index in [0.29, 0.717) is 5.56 Å². The van der Waals surface area contributed by atoms with Crippen molar-refractivity contribution >= 4 is 29.1 Å². The van der Waals surface area contributed by atoms with Gasteiger partial charge < -0.3 is 4.74 Å². The highest BCUT2D eigenvalue weighted by Gasteiger charge is 2.07. The first-order chi connectivity index (χ1) is 8.76. The molecule has 0 bridgehead atoms. The molecule has 2 rings (SSSR count). The number of carbonyl (C=O) groups is 2. The molecule has 0 unspecified atom stereocenters. The van der Waals surface area contributed by atoms with Crippen molar-refractivity contribution in [1.82, 2.24) is 0 Å². The zero-order chi connectivity index (χ0) is 13.0. The van der Waals surface area contributed by atoms with Gasteiger partial charge in [0.05, 0.1) is 12.7 Å². The minimum absolute atomic E-state index is 0.369. The number of aldehydes is 1. The second kappa shape index (κ2) is 5.27. The van der Waals surface area contributed by atoms with Gasteiger partial charge in [0.15, 0.2) is 0 Å². The highest BCUT2D eigenvalue weighted by Crippen LogP contribution is 2.22. The first-order valence-electron chi connectivity index (χ1n) is 5.49. The molecule has 3 nitrogen and oxygen atoms in total. The molecule has 0 fully saturated rings. The molecule has 0 radical (unpaired) electrons. The Bertz CT molecular complexity index is 627. The van der Waals surface area contributed by atoms with Crippen molar-refractivity contribution in [3.8, 4) is 0 Å². The normalized spacial score (nSPS) is 10.7. The zero-order valence-electron chi connectivity index (χ0n) is 9.92. The number of carbonyl (C=O) groups excluding carboxylic acids is 2. The summed E-state index contributed by atoms with van der Waals surface area (Å²) in [4.78, 5) is 21.9. The van der Waals surface area contributed by atoms with Crippen molar-refractivity contribution in [3.63, 3.8) is 0 Å². The van der Waals surface area contributed by atoms with Crippen LogP contribution in [0, 0.1) is 0 Å². The quantitative estimate of drug-likeness (QED) is 0.470. The Morgan fingerprint density at radius 1 is 1.22 bits per heavy atom. The van der Waals surface area contributed by atoms with Crippen LogP contribution >= 0.6 is 0 Å².